The summed E-state index contributed by atoms with van der Waals surface area (Å²) < 4.78 is 2.27. The Morgan fingerprint density at radius 2 is 1.65 bits per heavy atom. The molecule has 0 saturated carbocycles. The largest absolute Gasteiger partial charge is 0.480 e. The maximum Gasteiger partial charge on any atom is 0.335 e. The van der Waals surface area contributed by atoms with Gasteiger partial charge in [-0.2, -0.15) is 0 Å². The highest BCUT2D eigenvalue weighted by Crippen LogP contribution is 2.24. The van der Waals surface area contributed by atoms with Crippen LogP contribution in [-0.2, 0) is 18.3 Å². The van der Waals surface area contributed by atoms with Crippen molar-refractivity contribution in [2.45, 2.75) is 12.5 Å². The first-order valence-electron chi connectivity index (χ1n) is 9.04. The lowest BCUT2D eigenvalue weighted by Gasteiger charge is -2.16. The lowest BCUT2D eigenvalue weighted by molar-refractivity contribution is -0.139. The molecule has 0 saturated heterocycles. The topological polar surface area (TPSA) is 110 Å². The maximum atomic E-state index is 12.5. The van der Waals surface area contributed by atoms with E-state index in [1.54, 1.807) is 18.2 Å². The van der Waals surface area contributed by atoms with Gasteiger partial charge in [0.05, 0.1) is 21.3 Å². The van der Waals surface area contributed by atoms with Crippen LogP contribution in [0.2, 0.25) is 10.0 Å². The van der Waals surface area contributed by atoms with E-state index in [1.807, 2.05) is 0 Å². The molecule has 0 radical (unpaired) electrons. The van der Waals surface area contributed by atoms with E-state index in [2.05, 4.69) is 5.32 Å². The van der Waals surface area contributed by atoms with Crippen molar-refractivity contribution in [1.82, 2.24) is 14.5 Å². The number of benzene rings is 2. The summed E-state index contributed by atoms with van der Waals surface area (Å²) in [5, 5.41) is 12.2. The summed E-state index contributed by atoms with van der Waals surface area (Å²) in [5.74, 6) is -1.95. The van der Waals surface area contributed by atoms with Gasteiger partial charge in [0.2, 0.25) is 0 Å². The van der Waals surface area contributed by atoms with Crippen molar-refractivity contribution in [3.05, 3.63) is 96.7 Å². The van der Waals surface area contributed by atoms with Crippen LogP contribution >= 0.6 is 23.2 Å². The lowest BCUT2D eigenvalue weighted by atomic mass is 10.0. The summed E-state index contributed by atoms with van der Waals surface area (Å²) >= 11 is 12.0. The molecular formula is C21H17Cl2N3O5. The van der Waals surface area contributed by atoms with Crippen molar-refractivity contribution in [3.8, 4) is 5.69 Å². The van der Waals surface area contributed by atoms with Crippen molar-refractivity contribution in [2.24, 2.45) is 7.05 Å². The van der Waals surface area contributed by atoms with Crippen molar-refractivity contribution in [1.29, 1.82) is 0 Å². The molecule has 3 aromatic rings. The predicted molar refractivity (Wildman–Crippen MR) is 116 cm³/mol. The molecule has 31 heavy (non-hydrogen) atoms. The first-order chi connectivity index (χ1) is 14.7. The zero-order valence-corrected chi connectivity index (χ0v) is 17.7. The standard InChI is InChI=1S/C21H17Cl2N3O5/c1-25-10-9-17(27)26(21(25)31)13-7-5-12(6-8-13)11-16(20(29)30)24-19(28)18-14(22)3-2-4-15(18)23/h2-10,16H,11H2,1H3,(H,24,28)(H,29,30)/t16-/m0/s1. The number of nitrogens with zero attached hydrogens (tertiary/aromatic N) is 2. The minimum atomic E-state index is -1.25. The maximum absolute atomic E-state index is 12.5. The summed E-state index contributed by atoms with van der Waals surface area (Å²) in [4.78, 5) is 48.5. The van der Waals surface area contributed by atoms with Crippen molar-refractivity contribution in [2.75, 3.05) is 0 Å². The molecule has 1 amide bonds. The van der Waals surface area contributed by atoms with Crippen molar-refractivity contribution >= 4 is 35.1 Å². The number of carboxylic acids is 1. The van der Waals surface area contributed by atoms with Crippen LogP contribution in [0.3, 0.4) is 0 Å². The summed E-state index contributed by atoms with van der Waals surface area (Å²) in [6.45, 7) is 0. The Morgan fingerprint density at radius 3 is 2.23 bits per heavy atom. The second-order valence-electron chi connectivity index (χ2n) is 6.71. The molecule has 160 valence electrons. The van der Waals surface area contributed by atoms with Gasteiger partial charge in [0, 0.05) is 25.7 Å². The SMILES string of the molecule is Cn1ccc(=O)n(-c2ccc(C[C@H](NC(=O)c3c(Cl)cccc3Cl)C(=O)O)cc2)c1=O. The number of carboxylic acid groups (broad SMARTS) is 1. The van der Waals surface area contributed by atoms with E-state index >= 15 is 0 Å². The number of aliphatic carboxylic acids is 1. The van der Waals surface area contributed by atoms with Gasteiger partial charge in [-0.1, -0.05) is 41.4 Å². The molecule has 1 atom stereocenters. The summed E-state index contributed by atoms with van der Waals surface area (Å²) in [6.07, 6.45) is 1.34. The van der Waals surface area contributed by atoms with Gasteiger partial charge in [0.15, 0.2) is 0 Å². The summed E-state index contributed by atoms with van der Waals surface area (Å²) in [7, 11) is 1.53. The van der Waals surface area contributed by atoms with Crippen LogP contribution in [0.4, 0.5) is 0 Å². The highest BCUT2D eigenvalue weighted by atomic mass is 35.5. The van der Waals surface area contributed by atoms with Gasteiger partial charge in [0.25, 0.3) is 11.5 Å². The van der Waals surface area contributed by atoms with Crippen LogP contribution in [0.5, 0.6) is 0 Å². The number of amides is 1. The number of aryl methyl sites for hydroxylation is 1. The Hall–Kier alpha value is -3.36. The van der Waals surface area contributed by atoms with Gasteiger partial charge in [-0.3, -0.25) is 9.59 Å². The van der Waals surface area contributed by atoms with E-state index in [0.29, 0.717) is 11.3 Å². The molecule has 2 aromatic carbocycles. The monoisotopic (exact) mass is 461 g/mol. The van der Waals surface area contributed by atoms with E-state index in [4.69, 9.17) is 23.2 Å². The molecule has 10 heteroatoms. The number of carbonyl (C=O) groups is 2. The second kappa shape index (κ2) is 9.20. The Morgan fingerprint density at radius 1 is 1.03 bits per heavy atom. The molecule has 0 fully saturated rings. The van der Waals surface area contributed by atoms with Crippen LogP contribution in [-0.4, -0.2) is 32.2 Å². The number of carbonyl (C=O) groups excluding carboxylic acids is 1. The third kappa shape index (κ3) is 4.87. The van der Waals surface area contributed by atoms with Gasteiger partial charge < -0.3 is 15.0 Å². The molecule has 0 aliphatic heterocycles. The molecule has 1 heterocycles. The predicted octanol–water partition coefficient (Wildman–Crippen LogP) is 2.27. The van der Waals surface area contributed by atoms with E-state index < -0.39 is 29.2 Å². The number of aromatic nitrogens is 2. The fraction of sp³-hybridized carbons (Fsp3) is 0.143. The highest BCUT2D eigenvalue weighted by molar-refractivity contribution is 6.39. The minimum absolute atomic E-state index is 0.00766. The first-order valence-corrected chi connectivity index (χ1v) is 9.80. The molecule has 3 rings (SSSR count). The molecular weight excluding hydrogens is 445 g/mol. The van der Waals surface area contributed by atoms with E-state index in [1.165, 1.54) is 48.1 Å². The van der Waals surface area contributed by atoms with Crippen LogP contribution in [0, 0.1) is 0 Å². The molecule has 0 aliphatic carbocycles. The van der Waals surface area contributed by atoms with Gasteiger partial charge in [-0.05, 0) is 29.8 Å². The Labute approximate surface area is 186 Å². The average molecular weight is 462 g/mol. The van der Waals surface area contributed by atoms with Gasteiger partial charge in [-0.25, -0.2) is 14.2 Å². The highest BCUT2D eigenvalue weighted by Gasteiger charge is 2.24. The Kier molecular flexibility index (Phi) is 6.62. The molecule has 1 aromatic heterocycles. The molecule has 0 aliphatic rings. The average Bonchev–Trinajstić information content (AvgIpc) is 2.71. The van der Waals surface area contributed by atoms with E-state index in [-0.39, 0.29) is 22.0 Å². The van der Waals surface area contributed by atoms with E-state index in [0.717, 1.165) is 4.57 Å². The van der Waals surface area contributed by atoms with Crippen LogP contribution in [0.15, 0.2) is 64.3 Å². The fourth-order valence-electron chi connectivity index (χ4n) is 2.97. The van der Waals surface area contributed by atoms with Gasteiger partial charge >= 0.3 is 11.7 Å². The van der Waals surface area contributed by atoms with E-state index in [9.17, 15) is 24.3 Å². The zero-order valence-electron chi connectivity index (χ0n) is 16.2. The number of hydrogen-bond donors (Lipinski definition) is 2. The number of nitrogens with one attached hydrogen (secondary N) is 1. The van der Waals surface area contributed by atoms with Gasteiger partial charge in [0.1, 0.15) is 6.04 Å². The van der Waals surface area contributed by atoms with Gasteiger partial charge in [-0.15, -0.1) is 0 Å². The van der Waals surface area contributed by atoms with Crippen LogP contribution in [0.1, 0.15) is 15.9 Å². The second-order valence-corrected chi connectivity index (χ2v) is 7.53. The summed E-state index contributed by atoms with van der Waals surface area (Å²) in [5.41, 5.74) is -0.0846. The molecule has 2 N–H and O–H groups in total. The van der Waals surface area contributed by atoms with Crippen molar-refractivity contribution in [3.63, 3.8) is 0 Å². The molecule has 0 unspecified atom stereocenters. The lowest BCUT2D eigenvalue weighted by Crippen LogP contribution is -2.42. The third-order valence-corrected chi connectivity index (χ3v) is 5.21. The Bertz CT molecular complexity index is 1240. The molecule has 0 spiro atoms. The number of halogens is 2. The number of hydrogen-bond acceptors (Lipinski definition) is 4. The smallest absolute Gasteiger partial charge is 0.335 e. The van der Waals surface area contributed by atoms with Crippen LogP contribution in [0.25, 0.3) is 5.69 Å². The van der Waals surface area contributed by atoms with Crippen LogP contribution < -0.4 is 16.6 Å². The fourth-order valence-corrected chi connectivity index (χ4v) is 3.53. The number of rotatable bonds is 6. The quantitative estimate of drug-likeness (QED) is 0.584. The molecule has 8 nitrogen and oxygen atoms in total. The third-order valence-electron chi connectivity index (χ3n) is 4.58. The minimum Gasteiger partial charge on any atom is -0.480 e. The normalized spacial score (nSPS) is 11.7. The summed E-state index contributed by atoms with van der Waals surface area (Å²) in [6, 6.07) is 10.8. The molecule has 0 bridgehead atoms. The first kappa shape index (κ1) is 22.3. The van der Waals surface area contributed by atoms with Crippen molar-refractivity contribution < 1.29 is 14.7 Å². The Balaban J connectivity index is 1.82. The zero-order chi connectivity index (χ0) is 22.7.